The van der Waals surface area contributed by atoms with Crippen LogP contribution in [0.5, 0.6) is 0 Å². The predicted octanol–water partition coefficient (Wildman–Crippen LogP) is 5.60. The van der Waals surface area contributed by atoms with Crippen molar-refractivity contribution in [2.45, 2.75) is 40.0 Å². The molecular weight excluding hydrogens is 360 g/mol. The molecule has 0 radical (unpaired) electrons. The molecule has 29 heavy (non-hydrogen) atoms. The Hall–Kier alpha value is -3.21. The van der Waals surface area contributed by atoms with Gasteiger partial charge >= 0.3 is 0 Å². The van der Waals surface area contributed by atoms with E-state index in [0.717, 1.165) is 29.9 Å². The molecule has 1 unspecified atom stereocenters. The number of carbonyl (C=O) groups excluding carboxylic acids is 1. The normalized spacial score (nSPS) is 15.7. The molecule has 148 valence electrons. The molecule has 0 amide bonds. The molecule has 0 saturated heterocycles. The molecule has 1 atom stereocenters. The van der Waals surface area contributed by atoms with E-state index < -0.39 is 0 Å². The number of ketones is 1. The molecule has 2 aromatic carbocycles. The fourth-order valence-electron chi connectivity index (χ4n) is 3.76. The van der Waals surface area contributed by atoms with Gasteiger partial charge in [0.05, 0.1) is 11.3 Å². The van der Waals surface area contributed by atoms with Crippen LogP contribution in [0.3, 0.4) is 0 Å². The third-order valence-corrected chi connectivity index (χ3v) is 5.30. The Bertz CT molecular complexity index is 1040. The Kier molecular flexibility index (Phi) is 5.30. The van der Waals surface area contributed by atoms with Crippen LogP contribution in [0.1, 0.15) is 47.4 Å². The van der Waals surface area contributed by atoms with Crippen LogP contribution in [0, 0.1) is 12.8 Å². The molecule has 2 N–H and O–H groups in total. The molecule has 1 heterocycles. The molecule has 1 aliphatic rings. The maximum absolute atomic E-state index is 12.8. The molecule has 0 bridgehead atoms. The van der Waals surface area contributed by atoms with E-state index in [1.807, 2.05) is 42.5 Å². The van der Waals surface area contributed by atoms with E-state index in [4.69, 9.17) is 9.97 Å². The highest BCUT2D eigenvalue weighted by molar-refractivity contribution is 6.03. The number of anilines is 4. The summed E-state index contributed by atoms with van der Waals surface area (Å²) < 4.78 is 0. The Balaban J connectivity index is 1.76. The SMILES string of the molecule is CCc1ccccc1Nc1nc(Nc2ccc(C)cc2)nc2c1C(=O)CC(C)C2. The van der Waals surface area contributed by atoms with Crippen molar-refractivity contribution >= 4 is 28.9 Å². The topological polar surface area (TPSA) is 66.9 Å². The van der Waals surface area contributed by atoms with E-state index in [1.165, 1.54) is 11.1 Å². The molecule has 4 rings (SSSR count). The van der Waals surface area contributed by atoms with Crippen LogP contribution < -0.4 is 10.6 Å². The van der Waals surface area contributed by atoms with Crippen LogP contribution in [0.25, 0.3) is 0 Å². The molecule has 0 aliphatic heterocycles. The van der Waals surface area contributed by atoms with Crippen molar-refractivity contribution in [2.24, 2.45) is 5.92 Å². The van der Waals surface area contributed by atoms with Gasteiger partial charge in [-0.15, -0.1) is 0 Å². The van der Waals surface area contributed by atoms with E-state index >= 15 is 0 Å². The molecule has 1 aromatic heterocycles. The summed E-state index contributed by atoms with van der Waals surface area (Å²) in [6, 6.07) is 16.2. The summed E-state index contributed by atoms with van der Waals surface area (Å²) in [6.45, 7) is 6.27. The molecule has 3 aromatic rings. The average Bonchev–Trinajstić information content (AvgIpc) is 2.69. The second-order valence-electron chi connectivity index (χ2n) is 7.78. The van der Waals surface area contributed by atoms with Crippen molar-refractivity contribution in [1.82, 2.24) is 9.97 Å². The molecule has 5 nitrogen and oxygen atoms in total. The third kappa shape index (κ3) is 4.14. The highest BCUT2D eigenvalue weighted by atomic mass is 16.1. The molecule has 0 fully saturated rings. The Morgan fingerprint density at radius 3 is 2.52 bits per heavy atom. The summed E-state index contributed by atoms with van der Waals surface area (Å²) in [4.78, 5) is 22.2. The summed E-state index contributed by atoms with van der Waals surface area (Å²) in [5.74, 6) is 1.48. The average molecular weight is 386 g/mol. The first-order chi connectivity index (χ1) is 14.0. The van der Waals surface area contributed by atoms with Gasteiger partial charge in [0, 0.05) is 17.8 Å². The van der Waals surface area contributed by atoms with Crippen molar-refractivity contribution in [3.05, 3.63) is 70.9 Å². The Morgan fingerprint density at radius 2 is 1.76 bits per heavy atom. The highest BCUT2D eigenvalue weighted by Gasteiger charge is 2.28. The van der Waals surface area contributed by atoms with Crippen molar-refractivity contribution in [3.8, 4) is 0 Å². The van der Waals surface area contributed by atoms with Gasteiger partial charge in [0.15, 0.2) is 5.78 Å². The van der Waals surface area contributed by atoms with Crippen LogP contribution in [-0.4, -0.2) is 15.8 Å². The number of Topliss-reactive ketones (excluding diaryl/α,β-unsaturated/α-hetero) is 1. The van der Waals surface area contributed by atoms with E-state index in [-0.39, 0.29) is 11.7 Å². The number of para-hydroxylation sites is 1. The summed E-state index contributed by atoms with van der Waals surface area (Å²) >= 11 is 0. The first-order valence-corrected chi connectivity index (χ1v) is 10.2. The minimum absolute atomic E-state index is 0.108. The van der Waals surface area contributed by atoms with Crippen LogP contribution >= 0.6 is 0 Å². The minimum atomic E-state index is 0.108. The Morgan fingerprint density at radius 1 is 1.00 bits per heavy atom. The van der Waals surface area contributed by atoms with Gasteiger partial charge in [0.2, 0.25) is 5.95 Å². The van der Waals surface area contributed by atoms with Crippen molar-refractivity contribution in [2.75, 3.05) is 10.6 Å². The number of hydrogen-bond donors (Lipinski definition) is 2. The summed E-state index contributed by atoms with van der Waals surface area (Å²) in [6.07, 6.45) is 2.21. The molecule has 5 heteroatoms. The maximum atomic E-state index is 12.8. The van der Waals surface area contributed by atoms with Crippen LogP contribution in [0.4, 0.5) is 23.1 Å². The van der Waals surface area contributed by atoms with Gasteiger partial charge in [-0.3, -0.25) is 4.79 Å². The maximum Gasteiger partial charge on any atom is 0.229 e. The third-order valence-electron chi connectivity index (χ3n) is 5.30. The predicted molar refractivity (Wildman–Crippen MR) is 117 cm³/mol. The zero-order valence-electron chi connectivity index (χ0n) is 17.1. The monoisotopic (exact) mass is 386 g/mol. The zero-order chi connectivity index (χ0) is 20.4. The highest BCUT2D eigenvalue weighted by Crippen LogP contribution is 2.32. The lowest BCUT2D eigenvalue weighted by molar-refractivity contribution is 0.0953. The molecular formula is C24H26N4O. The van der Waals surface area contributed by atoms with E-state index in [1.54, 1.807) is 0 Å². The van der Waals surface area contributed by atoms with Gasteiger partial charge in [0.1, 0.15) is 5.82 Å². The number of fused-ring (bicyclic) bond motifs is 1. The zero-order valence-corrected chi connectivity index (χ0v) is 17.1. The lowest BCUT2D eigenvalue weighted by atomic mass is 9.87. The smallest absolute Gasteiger partial charge is 0.229 e. The molecule has 1 aliphatic carbocycles. The number of benzene rings is 2. The molecule has 0 spiro atoms. The van der Waals surface area contributed by atoms with Gasteiger partial charge in [-0.2, -0.15) is 4.98 Å². The van der Waals surface area contributed by atoms with Gasteiger partial charge in [0.25, 0.3) is 0 Å². The van der Waals surface area contributed by atoms with Crippen molar-refractivity contribution in [1.29, 1.82) is 0 Å². The minimum Gasteiger partial charge on any atom is -0.339 e. The van der Waals surface area contributed by atoms with Crippen LogP contribution in [0.15, 0.2) is 48.5 Å². The summed E-state index contributed by atoms with van der Waals surface area (Å²) in [5.41, 5.74) is 5.72. The number of aryl methyl sites for hydroxylation is 2. The van der Waals surface area contributed by atoms with Gasteiger partial charge in [-0.05, 0) is 49.4 Å². The number of nitrogens with zero attached hydrogens (tertiary/aromatic N) is 2. The van der Waals surface area contributed by atoms with E-state index in [0.29, 0.717) is 23.8 Å². The summed E-state index contributed by atoms with van der Waals surface area (Å²) in [5, 5.41) is 6.71. The van der Waals surface area contributed by atoms with Gasteiger partial charge < -0.3 is 10.6 Å². The quantitative estimate of drug-likeness (QED) is 0.597. The van der Waals surface area contributed by atoms with Gasteiger partial charge in [-0.25, -0.2) is 4.98 Å². The van der Waals surface area contributed by atoms with Crippen molar-refractivity contribution < 1.29 is 4.79 Å². The summed E-state index contributed by atoms with van der Waals surface area (Å²) in [7, 11) is 0. The molecule has 0 saturated carbocycles. The van der Waals surface area contributed by atoms with E-state index in [9.17, 15) is 4.79 Å². The fourth-order valence-corrected chi connectivity index (χ4v) is 3.76. The van der Waals surface area contributed by atoms with Crippen LogP contribution in [0.2, 0.25) is 0 Å². The number of hydrogen-bond acceptors (Lipinski definition) is 5. The first-order valence-electron chi connectivity index (χ1n) is 10.2. The number of aromatic nitrogens is 2. The van der Waals surface area contributed by atoms with E-state index in [2.05, 4.69) is 37.5 Å². The number of carbonyl (C=O) groups is 1. The standard InChI is InChI=1S/C24H26N4O/c1-4-17-7-5-6-8-19(17)26-23-22-20(13-16(3)14-21(22)29)27-24(28-23)25-18-11-9-15(2)10-12-18/h5-12,16H,4,13-14H2,1-3H3,(H2,25,26,27,28). The first kappa shape index (κ1) is 19.1. The van der Waals surface area contributed by atoms with Crippen LogP contribution in [-0.2, 0) is 12.8 Å². The lowest BCUT2D eigenvalue weighted by Crippen LogP contribution is -2.22. The number of rotatable bonds is 5. The second-order valence-corrected chi connectivity index (χ2v) is 7.78. The number of nitrogens with one attached hydrogen (secondary N) is 2. The second kappa shape index (κ2) is 8.03. The lowest BCUT2D eigenvalue weighted by Gasteiger charge is -2.23. The Labute approximate surface area is 171 Å². The van der Waals surface area contributed by atoms with Gasteiger partial charge in [-0.1, -0.05) is 49.7 Å². The fraction of sp³-hybridized carbons (Fsp3) is 0.292. The largest absolute Gasteiger partial charge is 0.339 e. The van der Waals surface area contributed by atoms with Crippen molar-refractivity contribution in [3.63, 3.8) is 0 Å².